The number of benzene rings is 1. The summed E-state index contributed by atoms with van der Waals surface area (Å²) in [6.45, 7) is 1.86. The molecule has 2 atom stereocenters. The van der Waals surface area contributed by atoms with Crippen molar-refractivity contribution in [2.75, 3.05) is 6.54 Å². The summed E-state index contributed by atoms with van der Waals surface area (Å²) < 4.78 is 13.4. The van der Waals surface area contributed by atoms with E-state index in [4.69, 9.17) is 11.6 Å². The molecule has 0 spiro atoms. The fourth-order valence-corrected chi connectivity index (χ4v) is 2.95. The zero-order valence-corrected chi connectivity index (χ0v) is 12.9. The number of aliphatic hydroxyl groups excluding tert-OH is 1. The number of nitrogens with one attached hydrogen (secondary N) is 1. The highest BCUT2D eigenvalue weighted by Crippen LogP contribution is 2.28. The third-order valence-corrected chi connectivity index (χ3v) is 4.55. The first-order valence-corrected chi connectivity index (χ1v) is 7.63. The Morgan fingerprint density at radius 3 is 2.57 bits per heavy atom. The molecule has 0 saturated heterocycles. The molecule has 0 radical (unpaired) electrons. The van der Waals surface area contributed by atoms with E-state index in [1.807, 2.05) is 6.07 Å². The lowest BCUT2D eigenvalue weighted by Crippen LogP contribution is -2.31. The van der Waals surface area contributed by atoms with Gasteiger partial charge in [-0.3, -0.25) is 4.79 Å². The van der Waals surface area contributed by atoms with Gasteiger partial charge in [-0.15, -0.1) is 11.3 Å². The van der Waals surface area contributed by atoms with Crippen molar-refractivity contribution >= 4 is 28.8 Å². The van der Waals surface area contributed by atoms with Crippen molar-refractivity contribution in [3.05, 3.63) is 57.0 Å². The van der Waals surface area contributed by atoms with Crippen LogP contribution in [0.3, 0.4) is 0 Å². The fourth-order valence-electron chi connectivity index (χ4n) is 1.84. The maximum absolute atomic E-state index is 12.8. The van der Waals surface area contributed by atoms with Crippen molar-refractivity contribution in [2.24, 2.45) is 0 Å². The predicted octanol–water partition coefficient (Wildman–Crippen LogP) is 3.49. The van der Waals surface area contributed by atoms with Crippen LogP contribution in [0.2, 0.25) is 4.34 Å². The predicted molar refractivity (Wildman–Crippen MR) is 82.1 cm³/mol. The first-order valence-electron chi connectivity index (χ1n) is 6.44. The Labute approximate surface area is 131 Å². The average Bonchev–Trinajstić information content (AvgIpc) is 2.91. The van der Waals surface area contributed by atoms with Gasteiger partial charge in [0.25, 0.3) is 0 Å². The zero-order valence-electron chi connectivity index (χ0n) is 11.3. The van der Waals surface area contributed by atoms with Gasteiger partial charge in [-0.05, 0) is 36.8 Å². The monoisotopic (exact) mass is 327 g/mol. The lowest BCUT2D eigenvalue weighted by Gasteiger charge is -2.15. The molecule has 1 aromatic heterocycles. The number of amides is 1. The Kier molecular flexibility index (Phi) is 5.33. The standard InChI is InChI=1S/C15H15ClFNO2S/c1-9(13-6-7-14(16)21-13)15(20)18-8-12(19)10-2-4-11(17)5-3-10/h2-7,9,12,19H,8H2,1H3,(H,18,20). The SMILES string of the molecule is CC(C(=O)NCC(O)c1ccc(F)cc1)c1ccc(Cl)s1. The molecular formula is C15H15ClFNO2S. The molecule has 1 heterocycles. The van der Waals surface area contributed by atoms with E-state index < -0.39 is 6.10 Å². The molecule has 0 saturated carbocycles. The Morgan fingerprint density at radius 1 is 1.33 bits per heavy atom. The third kappa shape index (κ3) is 4.27. The largest absolute Gasteiger partial charge is 0.387 e. The van der Waals surface area contributed by atoms with E-state index in [2.05, 4.69) is 5.32 Å². The Balaban J connectivity index is 1.90. The van der Waals surface area contributed by atoms with Crippen LogP contribution in [-0.4, -0.2) is 17.6 Å². The van der Waals surface area contributed by atoms with Gasteiger partial charge in [-0.2, -0.15) is 0 Å². The second kappa shape index (κ2) is 7.02. The second-order valence-electron chi connectivity index (χ2n) is 4.68. The summed E-state index contributed by atoms with van der Waals surface area (Å²) in [7, 11) is 0. The lowest BCUT2D eigenvalue weighted by atomic mass is 10.1. The summed E-state index contributed by atoms with van der Waals surface area (Å²) >= 11 is 7.20. The fraction of sp³-hybridized carbons (Fsp3) is 0.267. The molecule has 1 amide bonds. The van der Waals surface area contributed by atoms with Crippen molar-refractivity contribution < 1.29 is 14.3 Å². The maximum atomic E-state index is 12.8. The maximum Gasteiger partial charge on any atom is 0.228 e. The van der Waals surface area contributed by atoms with Crippen molar-refractivity contribution in [3.63, 3.8) is 0 Å². The quantitative estimate of drug-likeness (QED) is 0.883. The van der Waals surface area contributed by atoms with E-state index in [-0.39, 0.29) is 24.2 Å². The highest BCUT2D eigenvalue weighted by Gasteiger charge is 2.18. The van der Waals surface area contributed by atoms with Gasteiger partial charge < -0.3 is 10.4 Å². The summed E-state index contributed by atoms with van der Waals surface area (Å²) in [4.78, 5) is 12.9. The van der Waals surface area contributed by atoms with Crippen LogP contribution < -0.4 is 5.32 Å². The molecule has 2 N–H and O–H groups in total. The van der Waals surface area contributed by atoms with Crippen molar-refractivity contribution in [2.45, 2.75) is 18.9 Å². The molecule has 0 aliphatic rings. The van der Waals surface area contributed by atoms with Gasteiger partial charge in [0, 0.05) is 11.4 Å². The van der Waals surface area contributed by atoms with Gasteiger partial charge in [-0.1, -0.05) is 23.7 Å². The van der Waals surface area contributed by atoms with Gasteiger partial charge in [0.1, 0.15) is 5.82 Å². The Morgan fingerprint density at radius 2 is 2.00 bits per heavy atom. The van der Waals surface area contributed by atoms with Crippen LogP contribution in [0.25, 0.3) is 0 Å². The van der Waals surface area contributed by atoms with E-state index in [0.29, 0.717) is 9.90 Å². The molecule has 2 aromatic rings. The number of carbonyl (C=O) groups is 1. The molecule has 6 heteroatoms. The number of aliphatic hydroxyl groups is 1. The molecular weight excluding hydrogens is 313 g/mol. The summed E-state index contributed by atoms with van der Waals surface area (Å²) in [6.07, 6.45) is -0.867. The number of carbonyl (C=O) groups excluding carboxylic acids is 1. The van der Waals surface area contributed by atoms with Gasteiger partial charge >= 0.3 is 0 Å². The van der Waals surface area contributed by atoms with Gasteiger partial charge in [0.2, 0.25) is 5.91 Å². The molecule has 2 unspecified atom stereocenters. The average molecular weight is 328 g/mol. The number of hydrogen-bond donors (Lipinski definition) is 2. The Bertz CT molecular complexity index is 614. The molecule has 0 aliphatic heterocycles. The molecule has 21 heavy (non-hydrogen) atoms. The molecule has 112 valence electrons. The van der Waals surface area contributed by atoms with E-state index in [9.17, 15) is 14.3 Å². The molecule has 1 aromatic carbocycles. The molecule has 3 nitrogen and oxygen atoms in total. The molecule has 2 rings (SSSR count). The van der Waals surface area contributed by atoms with Crippen LogP contribution in [-0.2, 0) is 4.79 Å². The highest BCUT2D eigenvalue weighted by atomic mass is 35.5. The number of thiophene rings is 1. The molecule has 0 aliphatic carbocycles. The van der Waals surface area contributed by atoms with Crippen molar-refractivity contribution in [1.29, 1.82) is 0 Å². The minimum atomic E-state index is -0.867. The van der Waals surface area contributed by atoms with Crippen LogP contribution in [0.15, 0.2) is 36.4 Å². The van der Waals surface area contributed by atoms with Gasteiger partial charge in [-0.25, -0.2) is 4.39 Å². The van der Waals surface area contributed by atoms with Gasteiger partial charge in [0.15, 0.2) is 0 Å². The van der Waals surface area contributed by atoms with Crippen LogP contribution in [0.5, 0.6) is 0 Å². The number of halogens is 2. The van der Waals surface area contributed by atoms with E-state index in [1.54, 1.807) is 13.0 Å². The van der Waals surface area contributed by atoms with E-state index in [0.717, 1.165) is 4.88 Å². The molecule has 0 bridgehead atoms. The van der Waals surface area contributed by atoms with Crippen molar-refractivity contribution in [1.82, 2.24) is 5.32 Å². The van der Waals surface area contributed by atoms with Crippen LogP contribution >= 0.6 is 22.9 Å². The third-order valence-electron chi connectivity index (χ3n) is 3.14. The first-order chi connectivity index (χ1) is 9.97. The second-order valence-corrected chi connectivity index (χ2v) is 6.42. The highest BCUT2D eigenvalue weighted by molar-refractivity contribution is 7.16. The summed E-state index contributed by atoms with van der Waals surface area (Å²) in [5.41, 5.74) is 0.559. The lowest BCUT2D eigenvalue weighted by molar-refractivity contribution is -0.122. The van der Waals surface area contributed by atoms with Gasteiger partial charge in [0.05, 0.1) is 16.4 Å². The smallest absolute Gasteiger partial charge is 0.228 e. The Hall–Kier alpha value is -1.43. The first kappa shape index (κ1) is 15.9. The van der Waals surface area contributed by atoms with Crippen LogP contribution in [0.1, 0.15) is 29.4 Å². The van der Waals surface area contributed by atoms with E-state index >= 15 is 0 Å². The van der Waals surface area contributed by atoms with Crippen LogP contribution in [0, 0.1) is 5.82 Å². The summed E-state index contributed by atoms with van der Waals surface area (Å²) in [5, 5.41) is 12.6. The number of rotatable bonds is 5. The minimum Gasteiger partial charge on any atom is -0.387 e. The van der Waals surface area contributed by atoms with Crippen LogP contribution in [0.4, 0.5) is 4.39 Å². The number of hydrogen-bond acceptors (Lipinski definition) is 3. The van der Waals surface area contributed by atoms with Crippen molar-refractivity contribution in [3.8, 4) is 0 Å². The summed E-state index contributed by atoms with van der Waals surface area (Å²) in [5.74, 6) is -0.879. The minimum absolute atomic E-state index is 0.0773. The molecule has 0 fully saturated rings. The topological polar surface area (TPSA) is 49.3 Å². The summed E-state index contributed by atoms with van der Waals surface area (Å²) in [6, 6.07) is 9.10. The zero-order chi connectivity index (χ0) is 15.4. The normalized spacial score (nSPS) is 13.7. The van der Waals surface area contributed by atoms with E-state index in [1.165, 1.54) is 35.6 Å².